The molecular formula is C16H32Cl24O8Si16. The molecule has 0 aromatic rings. The molecule has 0 spiro atoms. The van der Waals surface area contributed by atoms with E-state index in [9.17, 15) is 0 Å². The van der Waals surface area contributed by atoms with Gasteiger partial charge in [0.15, 0.2) is 0 Å². The topological polar surface area (TPSA) is 73.8 Å². The average Bonchev–Trinajstić information content (AvgIpc) is 3.05. The van der Waals surface area contributed by atoms with E-state index in [1.165, 1.54) is 0 Å². The average molecular weight is 1650 g/mol. The van der Waals surface area contributed by atoms with Gasteiger partial charge in [-0.2, -0.15) is 0 Å². The summed E-state index contributed by atoms with van der Waals surface area (Å²) in [5.41, 5.74) is 0. The van der Waals surface area contributed by atoms with Crippen molar-refractivity contribution < 1.29 is 32.9 Å². The summed E-state index contributed by atoms with van der Waals surface area (Å²) < 4.78 is 63.8. The fourth-order valence-electron chi connectivity index (χ4n) is 8.33. The van der Waals surface area contributed by atoms with Crippen LogP contribution < -0.4 is 0 Å². The molecule has 48 heteroatoms. The first-order valence-electron chi connectivity index (χ1n) is 18.5. The van der Waals surface area contributed by atoms with Crippen molar-refractivity contribution in [3.05, 3.63) is 0 Å². The quantitative estimate of drug-likeness (QED) is 0.0699. The third-order valence-electron chi connectivity index (χ3n) is 10.9. The van der Waals surface area contributed by atoms with Crippen LogP contribution >= 0.6 is 266 Å². The zero-order valence-corrected chi connectivity index (χ0v) is 65.8. The molecule has 8 nitrogen and oxygen atoms in total. The van der Waals surface area contributed by atoms with E-state index in [1.807, 2.05) is 0 Å². The largest absolute Gasteiger partial charge is 0.414 e. The summed E-state index contributed by atoms with van der Waals surface area (Å²) in [4.78, 5) is 0. The second-order valence-electron chi connectivity index (χ2n) is 15.8. The van der Waals surface area contributed by atoms with Gasteiger partial charge in [0.05, 0.1) is 0 Å². The Balaban J connectivity index is 2.01. The SMILES string of the molecule is Cl[Si](Cl)(Cl)CC[Si]12O[Si]3(CC[Si](Cl)(Cl)Cl)O[Si]4(CC[Si](Cl)(Cl)Cl)O[Si](CC[Si](Cl)(Cl)Cl)(O1)[Si]1(CC[Si](Cl)(Cl)Cl)O[Si]2(CC[Si](Cl)(Cl)Cl)O[Si]3(CC[Si](Cl)(Cl)Cl)O[Si]4(CC[Si](Cl)(Cl)Cl)O1. The van der Waals surface area contributed by atoms with E-state index < -0.39 is 113 Å². The maximum Gasteiger partial charge on any atom is 0.365 e. The van der Waals surface area contributed by atoms with Gasteiger partial charge in [0.1, 0.15) is 0 Å². The molecular weight excluding hydrogens is 1620 g/mol. The van der Waals surface area contributed by atoms with Gasteiger partial charge in [0.2, 0.25) is 0 Å². The molecule has 0 radical (unpaired) electrons. The monoisotopic (exact) mass is 1640 g/mol. The Morgan fingerprint density at radius 2 is 0.250 bits per heavy atom. The molecule has 0 aliphatic carbocycles. The van der Waals surface area contributed by atoms with Crippen LogP contribution in [-0.4, -0.2) is 113 Å². The van der Waals surface area contributed by atoms with Crippen molar-refractivity contribution in [2.75, 3.05) is 0 Å². The Kier molecular flexibility index (Phi) is 22.8. The Morgan fingerprint density at radius 3 is 0.312 bits per heavy atom. The van der Waals surface area contributed by atoms with Crippen molar-refractivity contribution in [1.29, 1.82) is 0 Å². The van der Waals surface area contributed by atoms with Gasteiger partial charge < -0.3 is 32.9 Å². The molecule has 0 bridgehead atoms. The van der Waals surface area contributed by atoms with Crippen LogP contribution in [0.2, 0.25) is 96.7 Å². The van der Waals surface area contributed by atoms with Gasteiger partial charge in [0, 0.05) is 0 Å². The van der Waals surface area contributed by atoms with E-state index >= 15 is 0 Å². The summed E-state index contributed by atoms with van der Waals surface area (Å²) in [5, 5.41) is 0. The lowest BCUT2D eigenvalue weighted by atomic mass is 10.9. The van der Waals surface area contributed by atoms with Gasteiger partial charge in [-0.1, -0.05) is 0 Å². The highest BCUT2D eigenvalue weighted by atomic mass is 35.9. The number of halogens is 24. The lowest BCUT2D eigenvalue weighted by Gasteiger charge is -2.77. The van der Waals surface area contributed by atoms with Crippen molar-refractivity contribution in [1.82, 2.24) is 0 Å². The molecule has 0 saturated carbocycles. The normalized spacial score (nSPS) is 37.1. The highest BCUT2D eigenvalue weighted by molar-refractivity contribution is 7.70. The molecule has 4 saturated heterocycles. The number of hydrogen-bond donors (Lipinski definition) is 0. The van der Waals surface area contributed by atoms with Crippen LogP contribution in [0.3, 0.4) is 0 Å². The molecule has 4 aliphatic rings. The van der Waals surface area contributed by atoms with Gasteiger partial charge in [-0.15, -0.1) is 266 Å². The predicted octanol–water partition coefficient (Wildman–Crippen LogP) is 17.3. The molecule has 0 unspecified atom stereocenters. The first-order chi connectivity index (χ1) is 28.3. The first kappa shape index (κ1) is 64.9. The molecule has 0 N–H and O–H groups in total. The summed E-state index contributed by atoms with van der Waals surface area (Å²) in [6.07, 6.45) is 0. The van der Waals surface area contributed by atoms with Gasteiger partial charge in [-0.3, -0.25) is 0 Å². The standard InChI is InChI=1S/C16H32Cl24O8Si16/c17-49(18,19)1-9-57-41-59(11-3-51(23,24)25)45-63(15-7-55(35,36)37)46-60(42-57,12-4-52(26,27)28)62(14-6-54(32,33)34)44-58(57,10-2-50(20,21)22)43-61(59,13-5-53(29,30)31)47-64(63,48-62)16-8-56(38,39)40/h1-16H2. The summed E-state index contributed by atoms with van der Waals surface area (Å²) in [6, 6.07) is -28.6. The van der Waals surface area contributed by atoms with Crippen LogP contribution in [0.4, 0.5) is 0 Å². The second kappa shape index (κ2) is 22.5. The molecule has 0 aromatic carbocycles. The Morgan fingerprint density at radius 1 is 0.172 bits per heavy atom. The minimum absolute atomic E-state index is 0.00905. The highest BCUT2D eigenvalue weighted by Gasteiger charge is 2.98. The summed E-state index contributed by atoms with van der Waals surface area (Å²) >= 11 is 161. The predicted molar refractivity (Wildman–Crippen MR) is 318 cm³/mol. The van der Waals surface area contributed by atoms with Crippen molar-refractivity contribution in [3.8, 4) is 0 Å². The van der Waals surface area contributed by atoms with Gasteiger partial charge in [-0.25, -0.2) is 0 Å². The molecule has 376 valence electrons. The van der Waals surface area contributed by atoms with Crippen molar-refractivity contribution in [2.45, 2.75) is 96.7 Å². The van der Waals surface area contributed by atoms with Crippen LogP contribution in [0, 0.1) is 0 Å². The van der Waals surface area contributed by atoms with Crippen molar-refractivity contribution in [3.63, 3.8) is 0 Å². The third-order valence-corrected chi connectivity index (χ3v) is 103. The Hall–Kier alpha value is 10.1. The third kappa shape index (κ3) is 16.2. The molecule has 0 amide bonds. The summed E-state index contributed by atoms with van der Waals surface area (Å²) in [6.45, 7) is 0. The minimum atomic E-state index is -4.34. The Labute approximate surface area is 500 Å². The molecule has 4 fully saturated rings. The van der Waals surface area contributed by atoms with Gasteiger partial charge in [-0.05, 0) is 96.7 Å². The molecule has 4 aliphatic heterocycles. The molecule has 4 rings (SSSR count). The van der Waals surface area contributed by atoms with E-state index in [0.29, 0.717) is 0 Å². The maximum absolute atomic E-state index is 7.97. The lowest BCUT2D eigenvalue weighted by Crippen LogP contribution is -3.06. The van der Waals surface area contributed by atoms with Crippen molar-refractivity contribution >= 4 is 379 Å². The number of fused-ring (bicyclic) bond motifs is 4. The number of hydrogen-bond acceptors (Lipinski definition) is 8. The van der Waals surface area contributed by atoms with Crippen LogP contribution in [0.1, 0.15) is 0 Å². The zero-order valence-electron chi connectivity index (χ0n) is 31.7. The second-order valence-corrected chi connectivity index (χ2v) is 131. The number of rotatable bonds is 24. The minimum Gasteiger partial charge on any atom is -0.414 e. The van der Waals surface area contributed by atoms with Gasteiger partial charge in [0.25, 0.3) is 0 Å². The summed E-state index contributed by atoms with van der Waals surface area (Å²) in [5.74, 6) is 0. The van der Waals surface area contributed by atoms with E-state index in [2.05, 4.69) is 0 Å². The van der Waals surface area contributed by atoms with Crippen molar-refractivity contribution in [2.24, 2.45) is 0 Å². The van der Waals surface area contributed by atoms with E-state index in [0.717, 1.165) is 0 Å². The van der Waals surface area contributed by atoms with Crippen LogP contribution in [0.25, 0.3) is 0 Å². The van der Waals surface area contributed by atoms with Gasteiger partial charge >= 0.3 is 113 Å². The van der Waals surface area contributed by atoms with E-state index in [1.54, 1.807) is 0 Å². The van der Waals surface area contributed by atoms with E-state index in [-0.39, 0.29) is 96.7 Å². The maximum atomic E-state index is 7.97. The molecule has 64 heavy (non-hydrogen) atoms. The fraction of sp³-hybridized carbons (Fsp3) is 1.00. The molecule has 0 atom stereocenters. The zero-order chi connectivity index (χ0) is 49.0. The molecule has 0 aromatic heterocycles. The summed E-state index contributed by atoms with van der Waals surface area (Å²) in [7, 11) is -34.7. The fourth-order valence-corrected chi connectivity index (χ4v) is 161. The molecule has 4 heterocycles. The van der Waals surface area contributed by atoms with Crippen LogP contribution in [-0.2, 0) is 32.9 Å². The first-order valence-corrected chi connectivity index (χ1v) is 80.6. The highest BCUT2D eigenvalue weighted by Crippen LogP contribution is 2.67. The van der Waals surface area contributed by atoms with Crippen LogP contribution in [0.5, 0.6) is 0 Å². The smallest absolute Gasteiger partial charge is 0.365 e. The van der Waals surface area contributed by atoms with E-state index in [4.69, 9.17) is 299 Å². The van der Waals surface area contributed by atoms with Crippen LogP contribution in [0.15, 0.2) is 0 Å². The lowest BCUT2D eigenvalue weighted by molar-refractivity contribution is 0.125. The Bertz CT molecular complexity index is 1310.